The molecule has 0 saturated carbocycles. The quantitative estimate of drug-likeness (QED) is 0.800. The Bertz CT molecular complexity index is 593. The highest BCUT2D eigenvalue weighted by molar-refractivity contribution is 5.92. The van der Waals surface area contributed by atoms with Crippen LogP contribution in [0.5, 0.6) is 0 Å². The Morgan fingerprint density at radius 1 is 1.13 bits per heavy atom. The molecule has 0 spiro atoms. The van der Waals surface area contributed by atoms with Gasteiger partial charge < -0.3 is 14.4 Å². The first kappa shape index (κ1) is 16.0. The van der Waals surface area contributed by atoms with Gasteiger partial charge in [0.1, 0.15) is 0 Å². The van der Waals surface area contributed by atoms with Crippen LogP contribution >= 0.6 is 0 Å². The Hall–Kier alpha value is -1.88. The third-order valence-electron chi connectivity index (χ3n) is 4.54. The molecule has 1 amide bonds. The van der Waals surface area contributed by atoms with E-state index in [1.54, 1.807) is 17.9 Å². The summed E-state index contributed by atoms with van der Waals surface area (Å²) in [5.74, 6) is -0.577. The largest absolute Gasteiger partial charge is 0.449 e. The van der Waals surface area contributed by atoms with E-state index < -0.39 is 12.1 Å². The molecule has 2 aliphatic rings. The second-order valence-corrected chi connectivity index (χ2v) is 6.18. The van der Waals surface area contributed by atoms with Crippen LogP contribution < -0.4 is 0 Å². The first-order chi connectivity index (χ1) is 11.1. The normalized spacial score (nSPS) is 18.9. The number of carbonyl (C=O) groups excluding carboxylic acids is 2. The average Bonchev–Trinajstić information content (AvgIpc) is 2.61. The van der Waals surface area contributed by atoms with Crippen molar-refractivity contribution in [1.29, 1.82) is 0 Å². The fourth-order valence-corrected chi connectivity index (χ4v) is 3.18. The van der Waals surface area contributed by atoms with Crippen molar-refractivity contribution < 1.29 is 19.1 Å². The molecular formula is C18H23NO4. The molecule has 0 bridgehead atoms. The molecule has 23 heavy (non-hydrogen) atoms. The number of hydrogen-bond acceptors (Lipinski definition) is 4. The number of carbonyl (C=O) groups is 2. The third kappa shape index (κ3) is 3.72. The number of hydrogen-bond donors (Lipinski definition) is 0. The van der Waals surface area contributed by atoms with E-state index >= 15 is 0 Å². The summed E-state index contributed by atoms with van der Waals surface area (Å²) in [4.78, 5) is 26.3. The molecule has 1 heterocycles. The van der Waals surface area contributed by atoms with Crippen LogP contribution in [0.15, 0.2) is 18.2 Å². The summed E-state index contributed by atoms with van der Waals surface area (Å²) in [5, 5.41) is 0. The van der Waals surface area contributed by atoms with E-state index in [9.17, 15) is 9.59 Å². The number of amides is 1. The Morgan fingerprint density at radius 3 is 2.57 bits per heavy atom. The molecule has 1 fully saturated rings. The van der Waals surface area contributed by atoms with Gasteiger partial charge in [-0.25, -0.2) is 4.79 Å². The van der Waals surface area contributed by atoms with Gasteiger partial charge in [0.15, 0.2) is 6.10 Å². The molecule has 5 nitrogen and oxygen atoms in total. The zero-order valence-corrected chi connectivity index (χ0v) is 13.5. The lowest BCUT2D eigenvalue weighted by molar-refractivity contribution is -0.143. The maximum absolute atomic E-state index is 12.3. The minimum Gasteiger partial charge on any atom is -0.449 e. The van der Waals surface area contributed by atoms with E-state index in [1.165, 1.54) is 17.5 Å². The summed E-state index contributed by atoms with van der Waals surface area (Å²) >= 11 is 0. The van der Waals surface area contributed by atoms with Crippen molar-refractivity contribution in [3.8, 4) is 0 Å². The molecule has 1 saturated heterocycles. The van der Waals surface area contributed by atoms with Crippen molar-refractivity contribution in [2.45, 2.75) is 38.7 Å². The molecule has 1 aliphatic carbocycles. The minimum absolute atomic E-state index is 0.153. The van der Waals surface area contributed by atoms with Gasteiger partial charge in [-0.05, 0) is 55.9 Å². The summed E-state index contributed by atoms with van der Waals surface area (Å²) < 4.78 is 10.6. The van der Waals surface area contributed by atoms with E-state index in [0.29, 0.717) is 31.9 Å². The van der Waals surface area contributed by atoms with E-state index in [1.807, 2.05) is 12.1 Å². The van der Waals surface area contributed by atoms with Gasteiger partial charge in [0.05, 0.1) is 18.8 Å². The van der Waals surface area contributed by atoms with Crippen LogP contribution in [-0.2, 0) is 27.1 Å². The van der Waals surface area contributed by atoms with Crippen molar-refractivity contribution in [3.63, 3.8) is 0 Å². The number of aryl methyl sites for hydroxylation is 2. The molecule has 0 N–H and O–H groups in total. The van der Waals surface area contributed by atoms with Crippen molar-refractivity contribution >= 4 is 11.9 Å². The van der Waals surface area contributed by atoms with Gasteiger partial charge in [-0.15, -0.1) is 0 Å². The lowest BCUT2D eigenvalue weighted by atomic mass is 9.90. The van der Waals surface area contributed by atoms with Crippen LogP contribution in [0.25, 0.3) is 0 Å². The van der Waals surface area contributed by atoms with Crippen LogP contribution in [0.1, 0.15) is 41.3 Å². The van der Waals surface area contributed by atoms with Crippen LogP contribution in [0, 0.1) is 0 Å². The van der Waals surface area contributed by atoms with E-state index in [0.717, 1.165) is 19.3 Å². The van der Waals surface area contributed by atoms with Crippen molar-refractivity contribution in [3.05, 3.63) is 34.9 Å². The molecule has 1 aromatic rings. The van der Waals surface area contributed by atoms with Crippen LogP contribution in [-0.4, -0.2) is 49.2 Å². The molecule has 3 rings (SSSR count). The van der Waals surface area contributed by atoms with Gasteiger partial charge in [-0.1, -0.05) is 6.07 Å². The topological polar surface area (TPSA) is 55.8 Å². The number of benzene rings is 1. The Kier molecular flexibility index (Phi) is 4.96. The predicted molar refractivity (Wildman–Crippen MR) is 85.4 cm³/mol. The Balaban J connectivity index is 1.62. The van der Waals surface area contributed by atoms with Crippen LogP contribution in [0.4, 0.5) is 0 Å². The second kappa shape index (κ2) is 7.13. The molecule has 1 aliphatic heterocycles. The molecule has 1 unspecified atom stereocenters. The highest BCUT2D eigenvalue weighted by Crippen LogP contribution is 2.22. The lowest BCUT2D eigenvalue weighted by Crippen LogP contribution is -2.46. The predicted octanol–water partition coefficient (Wildman–Crippen LogP) is 1.97. The average molecular weight is 317 g/mol. The monoisotopic (exact) mass is 317 g/mol. The fraction of sp³-hybridized carbons (Fsp3) is 0.556. The molecule has 1 aromatic carbocycles. The molecule has 0 radical (unpaired) electrons. The first-order valence-corrected chi connectivity index (χ1v) is 8.34. The molecule has 5 heteroatoms. The number of morpholine rings is 1. The highest BCUT2D eigenvalue weighted by Gasteiger charge is 2.26. The van der Waals surface area contributed by atoms with Gasteiger partial charge in [-0.3, -0.25) is 4.79 Å². The van der Waals surface area contributed by atoms with Gasteiger partial charge in [0, 0.05) is 13.1 Å². The number of nitrogens with zero attached hydrogens (tertiary/aromatic N) is 1. The summed E-state index contributed by atoms with van der Waals surface area (Å²) in [6.07, 6.45) is 3.70. The van der Waals surface area contributed by atoms with Crippen molar-refractivity contribution in [2.75, 3.05) is 26.3 Å². The van der Waals surface area contributed by atoms with Gasteiger partial charge in [-0.2, -0.15) is 0 Å². The molecular weight excluding hydrogens is 294 g/mol. The van der Waals surface area contributed by atoms with E-state index in [-0.39, 0.29) is 5.91 Å². The molecule has 1 atom stereocenters. The van der Waals surface area contributed by atoms with E-state index in [4.69, 9.17) is 9.47 Å². The summed E-state index contributed by atoms with van der Waals surface area (Å²) in [6.45, 7) is 3.82. The lowest BCUT2D eigenvalue weighted by Gasteiger charge is -2.29. The smallest absolute Gasteiger partial charge is 0.338 e. The van der Waals surface area contributed by atoms with Gasteiger partial charge in [0.25, 0.3) is 5.91 Å². The SMILES string of the molecule is CC(OC(=O)c1ccc2c(c1)CCCC2)C(=O)N1CCOCC1. The number of esters is 1. The number of fused-ring (bicyclic) bond motifs is 1. The Morgan fingerprint density at radius 2 is 1.83 bits per heavy atom. The second-order valence-electron chi connectivity index (χ2n) is 6.18. The first-order valence-electron chi connectivity index (χ1n) is 8.34. The zero-order chi connectivity index (χ0) is 16.2. The zero-order valence-electron chi connectivity index (χ0n) is 13.5. The maximum Gasteiger partial charge on any atom is 0.338 e. The van der Waals surface area contributed by atoms with Crippen molar-refractivity contribution in [2.24, 2.45) is 0 Å². The van der Waals surface area contributed by atoms with Gasteiger partial charge >= 0.3 is 5.97 Å². The summed E-state index contributed by atoms with van der Waals surface area (Å²) in [7, 11) is 0. The standard InChI is InChI=1S/C18H23NO4/c1-13(17(20)19-8-10-22-11-9-19)23-18(21)16-7-6-14-4-2-3-5-15(14)12-16/h6-7,12-13H,2-5,8-11H2,1H3. The number of rotatable bonds is 3. The molecule has 0 aromatic heterocycles. The fourth-order valence-electron chi connectivity index (χ4n) is 3.18. The maximum atomic E-state index is 12.3. The highest BCUT2D eigenvalue weighted by atomic mass is 16.5. The van der Waals surface area contributed by atoms with Gasteiger partial charge in [0.2, 0.25) is 0 Å². The number of ether oxygens (including phenoxy) is 2. The van der Waals surface area contributed by atoms with E-state index in [2.05, 4.69) is 0 Å². The molecule has 124 valence electrons. The third-order valence-corrected chi connectivity index (χ3v) is 4.54. The minimum atomic E-state index is -0.767. The Labute approximate surface area is 136 Å². The van der Waals surface area contributed by atoms with Crippen LogP contribution in [0.2, 0.25) is 0 Å². The van der Waals surface area contributed by atoms with Crippen LogP contribution in [0.3, 0.4) is 0 Å². The van der Waals surface area contributed by atoms with Crippen molar-refractivity contribution in [1.82, 2.24) is 4.90 Å². The summed E-state index contributed by atoms with van der Waals surface area (Å²) in [5.41, 5.74) is 3.09. The summed E-state index contributed by atoms with van der Waals surface area (Å²) in [6, 6.07) is 5.74.